The second-order valence-electron chi connectivity index (χ2n) is 4.53. The Kier molecular flexibility index (Phi) is 3.40. The lowest BCUT2D eigenvalue weighted by molar-refractivity contribution is 0.637. The predicted molar refractivity (Wildman–Crippen MR) is 74.0 cm³/mol. The van der Waals surface area contributed by atoms with E-state index >= 15 is 0 Å². The number of benzene rings is 1. The molecule has 2 aromatic heterocycles. The molecule has 0 unspecified atom stereocenters. The Morgan fingerprint density at radius 3 is 2.85 bits per heavy atom. The van der Waals surface area contributed by atoms with Gasteiger partial charge in [-0.1, -0.05) is 6.07 Å². The van der Waals surface area contributed by atoms with Gasteiger partial charge < -0.3 is 9.13 Å². The molecule has 0 aliphatic heterocycles. The standard InChI is InChI=1S/C13H13ClFN5/c1-19-8-16-18-11(19)5-6-20-10-4-2-3-9(15)13(10)17-12(20)7-14/h2-4,8H,5-7H2,1H3. The van der Waals surface area contributed by atoms with Crippen LogP contribution in [0.5, 0.6) is 0 Å². The number of aryl methyl sites for hydroxylation is 3. The van der Waals surface area contributed by atoms with E-state index in [4.69, 9.17) is 11.6 Å². The molecule has 0 radical (unpaired) electrons. The normalized spacial score (nSPS) is 11.3. The second kappa shape index (κ2) is 5.20. The van der Waals surface area contributed by atoms with E-state index in [1.807, 2.05) is 22.2 Å². The highest BCUT2D eigenvalue weighted by Crippen LogP contribution is 2.20. The topological polar surface area (TPSA) is 48.5 Å². The average Bonchev–Trinajstić information content (AvgIpc) is 3.01. The SMILES string of the molecule is Cn1cnnc1CCn1c(CCl)nc2c(F)cccc21. The predicted octanol–water partition coefficient (Wildman–Crippen LogP) is 2.29. The summed E-state index contributed by atoms with van der Waals surface area (Å²) in [5.41, 5.74) is 1.11. The van der Waals surface area contributed by atoms with Crippen LogP contribution in [0.3, 0.4) is 0 Å². The average molecular weight is 294 g/mol. The van der Waals surface area contributed by atoms with Gasteiger partial charge in [0.1, 0.15) is 23.5 Å². The minimum Gasteiger partial charge on any atom is -0.326 e. The fraction of sp³-hybridized carbons (Fsp3) is 0.308. The molecule has 2 heterocycles. The van der Waals surface area contributed by atoms with Crippen molar-refractivity contribution in [1.29, 1.82) is 0 Å². The smallest absolute Gasteiger partial charge is 0.151 e. The van der Waals surface area contributed by atoms with Crippen molar-refractivity contribution in [2.45, 2.75) is 18.8 Å². The first-order valence-electron chi connectivity index (χ1n) is 6.23. The highest BCUT2D eigenvalue weighted by Gasteiger charge is 2.13. The Hall–Kier alpha value is -1.95. The van der Waals surface area contributed by atoms with Crippen molar-refractivity contribution in [3.8, 4) is 0 Å². The van der Waals surface area contributed by atoms with Crippen LogP contribution in [0.2, 0.25) is 0 Å². The maximum absolute atomic E-state index is 13.7. The molecule has 3 rings (SSSR count). The third-order valence-electron chi connectivity index (χ3n) is 3.29. The number of para-hydroxylation sites is 1. The van der Waals surface area contributed by atoms with E-state index in [0.717, 1.165) is 11.3 Å². The minimum atomic E-state index is -0.328. The lowest BCUT2D eigenvalue weighted by atomic mass is 10.3. The summed E-state index contributed by atoms with van der Waals surface area (Å²) in [7, 11) is 1.89. The molecule has 1 aromatic carbocycles. The Labute approximate surface area is 120 Å². The molecule has 0 bridgehead atoms. The number of hydrogen-bond donors (Lipinski definition) is 0. The molecule has 0 spiro atoms. The summed E-state index contributed by atoms with van der Waals surface area (Å²) in [5, 5.41) is 7.88. The first-order chi connectivity index (χ1) is 9.70. The fourth-order valence-corrected chi connectivity index (χ4v) is 2.46. The zero-order valence-electron chi connectivity index (χ0n) is 10.9. The number of nitrogens with zero attached hydrogens (tertiary/aromatic N) is 5. The summed E-state index contributed by atoms with van der Waals surface area (Å²) in [6.45, 7) is 0.633. The number of aromatic nitrogens is 5. The summed E-state index contributed by atoms with van der Waals surface area (Å²) in [6, 6.07) is 4.93. The summed E-state index contributed by atoms with van der Waals surface area (Å²) in [4.78, 5) is 4.27. The first-order valence-corrected chi connectivity index (χ1v) is 6.76. The lowest BCUT2D eigenvalue weighted by Gasteiger charge is -2.07. The maximum atomic E-state index is 13.7. The largest absolute Gasteiger partial charge is 0.326 e. The van der Waals surface area contributed by atoms with Gasteiger partial charge in [-0.15, -0.1) is 21.8 Å². The van der Waals surface area contributed by atoms with Crippen LogP contribution in [0.25, 0.3) is 11.0 Å². The molecular weight excluding hydrogens is 281 g/mol. The van der Waals surface area contributed by atoms with E-state index < -0.39 is 0 Å². The summed E-state index contributed by atoms with van der Waals surface area (Å²) in [6.07, 6.45) is 2.34. The van der Waals surface area contributed by atoms with Crippen LogP contribution in [0.4, 0.5) is 4.39 Å². The molecule has 0 saturated carbocycles. The minimum absolute atomic E-state index is 0.243. The second-order valence-corrected chi connectivity index (χ2v) is 4.80. The van der Waals surface area contributed by atoms with Crippen LogP contribution in [0, 0.1) is 5.82 Å². The van der Waals surface area contributed by atoms with Gasteiger partial charge in [-0.2, -0.15) is 0 Å². The molecule has 3 aromatic rings. The molecule has 0 atom stereocenters. The van der Waals surface area contributed by atoms with Crippen molar-refractivity contribution < 1.29 is 4.39 Å². The van der Waals surface area contributed by atoms with E-state index in [2.05, 4.69) is 15.2 Å². The molecule has 0 saturated heterocycles. The van der Waals surface area contributed by atoms with Gasteiger partial charge in [0.05, 0.1) is 11.4 Å². The van der Waals surface area contributed by atoms with E-state index in [1.165, 1.54) is 6.07 Å². The molecule has 0 aliphatic rings. The van der Waals surface area contributed by atoms with Gasteiger partial charge in [-0.25, -0.2) is 9.37 Å². The molecule has 0 fully saturated rings. The van der Waals surface area contributed by atoms with Gasteiger partial charge >= 0.3 is 0 Å². The van der Waals surface area contributed by atoms with Crippen molar-refractivity contribution in [2.75, 3.05) is 0 Å². The monoisotopic (exact) mass is 293 g/mol. The van der Waals surface area contributed by atoms with Crippen molar-refractivity contribution in [3.05, 3.63) is 42.0 Å². The number of alkyl halides is 1. The molecule has 20 heavy (non-hydrogen) atoms. The van der Waals surface area contributed by atoms with Crippen LogP contribution in [-0.2, 0) is 25.9 Å². The number of fused-ring (bicyclic) bond motifs is 1. The van der Waals surface area contributed by atoms with Gasteiger partial charge in [0.25, 0.3) is 0 Å². The van der Waals surface area contributed by atoms with Gasteiger partial charge in [0, 0.05) is 20.0 Å². The zero-order valence-corrected chi connectivity index (χ0v) is 11.7. The Balaban J connectivity index is 1.98. The fourth-order valence-electron chi connectivity index (χ4n) is 2.26. The van der Waals surface area contributed by atoms with Gasteiger partial charge in [-0.05, 0) is 12.1 Å². The molecule has 0 N–H and O–H groups in total. The number of imidazole rings is 1. The van der Waals surface area contributed by atoms with Crippen LogP contribution >= 0.6 is 11.6 Å². The molecule has 7 heteroatoms. The zero-order chi connectivity index (χ0) is 14.1. The first kappa shape index (κ1) is 13.1. The van der Waals surface area contributed by atoms with Crippen molar-refractivity contribution in [2.24, 2.45) is 7.05 Å². The highest BCUT2D eigenvalue weighted by molar-refractivity contribution is 6.16. The van der Waals surface area contributed by atoms with E-state index in [0.29, 0.717) is 24.3 Å². The Morgan fingerprint density at radius 2 is 2.15 bits per heavy atom. The maximum Gasteiger partial charge on any atom is 0.151 e. The highest BCUT2D eigenvalue weighted by atomic mass is 35.5. The molecule has 5 nitrogen and oxygen atoms in total. The third kappa shape index (κ3) is 2.16. The van der Waals surface area contributed by atoms with Gasteiger partial charge in [0.2, 0.25) is 0 Å². The quantitative estimate of drug-likeness (QED) is 0.694. The molecule has 104 valence electrons. The van der Waals surface area contributed by atoms with Crippen LogP contribution in [0.15, 0.2) is 24.5 Å². The van der Waals surface area contributed by atoms with Gasteiger partial charge in [0.15, 0.2) is 5.82 Å². The number of halogens is 2. The van der Waals surface area contributed by atoms with Crippen molar-refractivity contribution in [3.63, 3.8) is 0 Å². The summed E-state index contributed by atoms with van der Waals surface area (Å²) < 4.78 is 17.5. The van der Waals surface area contributed by atoms with E-state index in [9.17, 15) is 4.39 Å². The van der Waals surface area contributed by atoms with E-state index in [1.54, 1.807) is 12.4 Å². The van der Waals surface area contributed by atoms with Crippen LogP contribution in [0.1, 0.15) is 11.6 Å². The van der Waals surface area contributed by atoms with Crippen molar-refractivity contribution >= 4 is 22.6 Å². The van der Waals surface area contributed by atoms with Crippen LogP contribution in [-0.4, -0.2) is 24.3 Å². The lowest BCUT2D eigenvalue weighted by Crippen LogP contribution is -2.08. The Morgan fingerprint density at radius 1 is 1.30 bits per heavy atom. The number of rotatable bonds is 4. The van der Waals surface area contributed by atoms with Gasteiger partial charge in [-0.3, -0.25) is 0 Å². The molecule has 0 amide bonds. The Bertz CT molecular complexity index is 748. The molecule has 0 aliphatic carbocycles. The summed E-state index contributed by atoms with van der Waals surface area (Å²) in [5.74, 6) is 1.44. The van der Waals surface area contributed by atoms with Crippen LogP contribution < -0.4 is 0 Å². The summed E-state index contributed by atoms with van der Waals surface area (Å²) >= 11 is 5.91. The van der Waals surface area contributed by atoms with Crippen molar-refractivity contribution in [1.82, 2.24) is 24.3 Å². The molecular formula is C13H13ClFN5. The third-order valence-corrected chi connectivity index (χ3v) is 3.53. The number of hydrogen-bond acceptors (Lipinski definition) is 3. The van der Waals surface area contributed by atoms with E-state index in [-0.39, 0.29) is 11.7 Å².